The van der Waals surface area contributed by atoms with Crippen molar-refractivity contribution in [3.8, 4) is 10.6 Å². The van der Waals surface area contributed by atoms with E-state index in [0.717, 1.165) is 34.2 Å². The summed E-state index contributed by atoms with van der Waals surface area (Å²) in [5, 5.41) is 17.3. The maximum Gasteiger partial charge on any atom is 0.255 e. The minimum Gasteiger partial charge on any atom is -0.322 e. The fourth-order valence-corrected chi connectivity index (χ4v) is 3.64. The first-order chi connectivity index (χ1) is 13.1. The third-order valence-corrected chi connectivity index (χ3v) is 5.23. The number of amides is 1. The van der Waals surface area contributed by atoms with Crippen LogP contribution in [0.1, 0.15) is 29.5 Å². The van der Waals surface area contributed by atoms with Gasteiger partial charge in [0.1, 0.15) is 5.01 Å². The van der Waals surface area contributed by atoms with Crippen molar-refractivity contribution in [1.29, 1.82) is 0 Å². The van der Waals surface area contributed by atoms with Crippen molar-refractivity contribution in [3.63, 3.8) is 0 Å². The van der Waals surface area contributed by atoms with Gasteiger partial charge in [0.25, 0.3) is 5.91 Å². The standard InChI is InChI=1S/C19H16ClN5OS/c1-2-3-16-22-23-19-25(16)24-18(27-19)13-6-10-15(11-7-13)21-17(26)12-4-8-14(20)9-5-12/h4-11H,2-3H2,1H3,(H,21,26). The second-order valence-corrected chi connectivity index (χ2v) is 7.40. The van der Waals surface area contributed by atoms with Crippen molar-refractivity contribution in [2.24, 2.45) is 0 Å². The van der Waals surface area contributed by atoms with Gasteiger partial charge < -0.3 is 5.32 Å². The van der Waals surface area contributed by atoms with E-state index in [9.17, 15) is 4.79 Å². The Morgan fingerprint density at radius 1 is 1.11 bits per heavy atom. The van der Waals surface area contributed by atoms with Crippen molar-refractivity contribution < 1.29 is 4.79 Å². The van der Waals surface area contributed by atoms with E-state index in [1.165, 1.54) is 11.3 Å². The van der Waals surface area contributed by atoms with Crippen LogP contribution in [-0.4, -0.2) is 25.7 Å². The lowest BCUT2D eigenvalue weighted by molar-refractivity contribution is 0.102. The maximum atomic E-state index is 12.3. The molecule has 136 valence electrons. The van der Waals surface area contributed by atoms with Crippen LogP contribution in [0.3, 0.4) is 0 Å². The van der Waals surface area contributed by atoms with Crippen LogP contribution in [-0.2, 0) is 6.42 Å². The van der Waals surface area contributed by atoms with Crippen molar-refractivity contribution in [2.75, 3.05) is 5.32 Å². The molecule has 0 spiro atoms. The van der Waals surface area contributed by atoms with Crippen LogP contribution >= 0.6 is 22.9 Å². The highest BCUT2D eigenvalue weighted by Gasteiger charge is 2.13. The van der Waals surface area contributed by atoms with Crippen molar-refractivity contribution in [1.82, 2.24) is 19.8 Å². The van der Waals surface area contributed by atoms with Crippen LogP contribution in [0, 0.1) is 0 Å². The van der Waals surface area contributed by atoms with E-state index in [2.05, 4.69) is 27.5 Å². The second kappa shape index (κ2) is 7.46. The van der Waals surface area contributed by atoms with Crippen molar-refractivity contribution >= 4 is 39.5 Å². The first kappa shape index (κ1) is 17.6. The SMILES string of the molecule is CCCc1nnc2sc(-c3ccc(NC(=O)c4ccc(Cl)cc4)cc3)nn12. The Morgan fingerprint density at radius 2 is 1.85 bits per heavy atom. The summed E-state index contributed by atoms with van der Waals surface area (Å²) in [5.74, 6) is 0.698. The number of carbonyl (C=O) groups excluding carboxylic acids is 1. The number of halogens is 1. The number of aryl methyl sites for hydroxylation is 1. The molecule has 0 aliphatic rings. The monoisotopic (exact) mass is 397 g/mol. The molecular weight excluding hydrogens is 382 g/mol. The molecule has 2 aromatic heterocycles. The molecule has 0 unspecified atom stereocenters. The van der Waals surface area contributed by atoms with Crippen LogP contribution in [0.25, 0.3) is 15.5 Å². The Kier molecular flexibility index (Phi) is 4.87. The quantitative estimate of drug-likeness (QED) is 0.529. The molecule has 0 aliphatic carbocycles. The number of aromatic nitrogens is 4. The fourth-order valence-electron chi connectivity index (χ4n) is 2.65. The number of nitrogens with zero attached hydrogens (tertiary/aromatic N) is 4. The first-order valence-corrected chi connectivity index (χ1v) is 9.72. The molecule has 0 atom stereocenters. The van der Waals surface area contributed by atoms with E-state index in [1.54, 1.807) is 28.8 Å². The van der Waals surface area contributed by atoms with Crippen LogP contribution in [0.15, 0.2) is 48.5 Å². The van der Waals surface area contributed by atoms with Crippen molar-refractivity contribution in [2.45, 2.75) is 19.8 Å². The molecule has 2 aromatic carbocycles. The lowest BCUT2D eigenvalue weighted by atomic mass is 10.2. The van der Waals surface area contributed by atoms with E-state index >= 15 is 0 Å². The van der Waals surface area contributed by atoms with E-state index in [-0.39, 0.29) is 5.91 Å². The molecule has 0 aliphatic heterocycles. The summed E-state index contributed by atoms with van der Waals surface area (Å²) < 4.78 is 1.81. The Balaban J connectivity index is 1.51. The zero-order chi connectivity index (χ0) is 18.8. The predicted octanol–water partition coefficient (Wildman–Crippen LogP) is 4.71. The molecular formula is C19H16ClN5OS. The number of carbonyl (C=O) groups is 1. The Bertz CT molecular complexity index is 1090. The number of nitrogens with one attached hydrogen (secondary N) is 1. The van der Waals surface area contributed by atoms with Gasteiger partial charge in [0.05, 0.1) is 0 Å². The van der Waals surface area contributed by atoms with Gasteiger partial charge in [0, 0.05) is 28.3 Å². The average molecular weight is 398 g/mol. The zero-order valence-corrected chi connectivity index (χ0v) is 16.1. The molecule has 8 heteroatoms. The molecule has 4 rings (SSSR count). The van der Waals surface area contributed by atoms with Gasteiger partial charge in [0.2, 0.25) is 4.96 Å². The molecule has 0 fully saturated rings. The van der Waals surface area contributed by atoms with Gasteiger partial charge in [-0.25, -0.2) is 0 Å². The van der Waals surface area contributed by atoms with Crippen molar-refractivity contribution in [3.05, 3.63) is 64.9 Å². The first-order valence-electron chi connectivity index (χ1n) is 8.52. The number of anilines is 1. The topological polar surface area (TPSA) is 72.2 Å². The highest BCUT2D eigenvalue weighted by molar-refractivity contribution is 7.19. The van der Waals surface area contributed by atoms with Crippen LogP contribution in [0.5, 0.6) is 0 Å². The molecule has 4 aromatic rings. The summed E-state index contributed by atoms with van der Waals surface area (Å²) in [7, 11) is 0. The van der Waals surface area contributed by atoms with Gasteiger partial charge in [-0.05, 0) is 55.0 Å². The van der Waals surface area contributed by atoms with Crippen LogP contribution in [0.4, 0.5) is 5.69 Å². The summed E-state index contributed by atoms with van der Waals surface area (Å²) in [4.78, 5) is 13.1. The summed E-state index contributed by atoms with van der Waals surface area (Å²) in [5.41, 5.74) is 2.24. The number of fused-ring (bicyclic) bond motifs is 1. The number of rotatable bonds is 5. The molecule has 0 saturated heterocycles. The average Bonchev–Trinajstić information content (AvgIpc) is 3.25. The molecule has 2 heterocycles. The summed E-state index contributed by atoms with van der Waals surface area (Å²) in [6.07, 6.45) is 1.84. The minimum atomic E-state index is -0.178. The molecule has 1 N–H and O–H groups in total. The Morgan fingerprint density at radius 3 is 2.56 bits per heavy atom. The summed E-state index contributed by atoms with van der Waals surface area (Å²) in [6, 6.07) is 14.4. The number of benzene rings is 2. The fraction of sp³-hybridized carbons (Fsp3) is 0.158. The van der Waals surface area contributed by atoms with Gasteiger partial charge in [-0.15, -0.1) is 10.2 Å². The number of hydrogen-bond acceptors (Lipinski definition) is 5. The normalized spacial score (nSPS) is 11.0. The van der Waals surface area contributed by atoms with Gasteiger partial charge in [-0.2, -0.15) is 9.61 Å². The lowest BCUT2D eigenvalue weighted by Crippen LogP contribution is -2.11. The maximum absolute atomic E-state index is 12.3. The Labute approximate surface area is 164 Å². The van der Waals surface area contributed by atoms with Gasteiger partial charge in [-0.1, -0.05) is 29.9 Å². The van der Waals surface area contributed by atoms with E-state index in [1.807, 2.05) is 24.3 Å². The summed E-state index contributed by atoms with van der Waals surface area (Å²) in [6.45, 7) is 2.10. The third-order valence-electron chi connectivity index (χ3n) is 4.03. The highest BCUT2D eigenvalue weighted by Crippen LogP contribution is 2.27. The molecule has 0 bridgehead atoms. The third kappa shape index (κ3) is 3.70. The van der Waals surface area contributed by atoms with Gasteiger partial charge >= 0.3 is 0 Å². The second-order valence-electron chi connectivity index (χ2n) is 6.01. The van der Waals surface area contributed by atoms with Crippen LogP contribution in [0.2, 0.25) is 5.02 Å². The van der Waals surface area contributed by atoms with E-state index < -0.39 is 0 Å². The van der Waals surface area contributed by atoms with E-state index in [0.29, 0.717) is 16.3 Å². The lowest BCUT2D eigenvalue weighted by Gasteiger charge is -2.06. The highest BCUT2D eigenvalue weighted by atomic mass is 35.5. The van der Waals surface area contributed by atoms with Gasteiger partial charge in [0.15, 0.2) is 5.82 Å². The molecule has 1 amide bonds. The minimum absolute atomic E-state index is 0.178. The smallest absolute Gasteiger partial charge is 0.255 e. The van der Waals surface area contributed by atoms with E-state index in [4.69, 9.17) is 11.6 Å². The predicted molar refractivity (Wildman–Crippen MR) is 107 cm³/mol. The largest absolute Gasteiger partial charge is 0.322 e. The molecule has 27 heavy (non-hydrogen) atoms. The molecule has 6 nitrogen and oxygen atoms in total. The zero-order valence-electron chi connectivity index (χ0n) is 14.5. The Hall–Kier alpha value is -2.77. The summed E-state index contributed by atoms with van der Waals surface area (Å²) >= 11 is 7.35. The number of hydrogen-bond donors (Lipinski definition) is 1. The molecule has 0 saturated carbocycles. The van der Waals surface area contributed by atoms with Gasteiger partial charge in [-0.3, -0.25) is 4.79 Å². The molecule has 0 radical (unpaired) electrons. The van der Waals surface area contributed by atoms with Crippen LogP contribution < -0.4 is 5.32 Å².